The molecule has 0 aliphatic carbocycles. The lowest BCUT2D eigenvalue weighted by atomic mass is 9.96. The Bertz CT molecular complexity index is 464. The molecule has 1 aliphatic heterocycles. The van der Waals surface area contributed by atoms with E-state index in [1.165, 1.54) is 6.33 Å². The molecule has 0 aromatic carbocycles. The molecule has 2 rings (SSSR count). The summed E-state index contributed by atoms with van der Waals surface area (Å²) in [6.07, 6.45) is 5.60. The van der Waals surface area contributed by atoms with Crippen molar-refractivity contribution < 1.29 is 0 Å². The predicted molar refractivity (Wildman–Crippen MR) is 79.3 cm³/mol. The third kappa shape index (κ3) is 2.57. The molecule has 1 aromatic heterocycles. The van der Waals surface area contributed by atoms with Gasteiger partial charge in [0.15, 0.2) is 0 Å². The van der Waals surface area contributed by atoms with Gasteiger partial charge in [0.1, 0.15) is 10.3 Å². The van der Waals surface area contributed by atoms with Crippen molar-refractivity contribution in [2.45, 2.75) is 17.6 Å². The van der Waals surface area contributed by atoms with Crippen molar-refractivity contribution in [1.29, 1.82) is 0 Å². The van der Waals surface area contributed by atoms with Crippen LogP contribution in [-0.4, -0.2) is 40.6 Å². The van der Waals surface area contributed by atoms with Crippen LogP contribution in [0.1, 0.15) is 12.8 Å². The molecule has 100 valence electrons. The predicted octanol–water partition coefficient (Wildman–Crippen LogP) is 1.19. The molecule has 2 heterocycles. The fourth-order valence-corrected chi connectivity index (χ4v) is 3.44. The summed E-state index contributed by atoms with van der Waals surface area (Å²) >= 11 is 5.15. The Labute approximate surface area is 119 Å². The lowest BCUT2D eigenvalue weighted by Gasteiger charge is -2.40. The van der Waals surface area contributed by atoms with Gasteiger partial charge < -0.3 is 15.6 Å². The van der Waals surface area contributed by atoms with Crippen molar-refractivity contribution >= 4 is 33.5 Å². The van der Waals surface area contributed by atoms with E-state index in [0.29, 0.717) is 11.0 Å². The van der Waals surface area contributed by atoms with Gasteiger partial charge in [-0.05, 0) is 35.0 Å². The number of anilines is 1. The van der Waals surface area contributed by atoms with Crippen LogP contribution in [0.15, 0.2) is 15.6 Å². The minimum absolute atomic E-state index is 0.138. The number of nitrogens with one attached hydrogen (secondary N) is 1. The molecule has 0 amide bonds. The normalized spacial score (nSPS) is 18.9. The summed E-state index contributed by atoms with van der Waals surface area (Å²) in [5.41, 5.74) is 5.73. The first-order valence-corrected chi connectivity index (χ1v) is 7.87. The molecule has 3 N–H and O–H groups in total. The highest BCUT2D eigenvalue weighted by Gasteiger charge is 2.33. The highest BCUT2D eigenvalue weighted by atomic mass is 79.9. The Morgan fingerprint density at radius 3 is 2.83 bits per heavy atom. The maximum atomic E-state index is 11.5. The molecular formula is C11H17BrN4OS. The summed E-state index contributed by atoms with van der Waals surface area (Å²) in [4.78, 5) is 20.5. The van der Waals surface area contributed by atoms with E-state index in [1.54, 1.807) is 0 Å². The van der Waals surface area contributed by atoms with Gasteiger partial charge in [0.05, 0.1) is 6.33 Å². The largest absolute Gasteiger partial charge is 0.355 e. The number of piperidine rings is 1. The molecule has 1 saturated heterocycles. The third-order valence-corrected chi connectivity index (χ3v) is 5.71. The lowest BCUT2D eigenvalue weighted by molar-refractivity contribution is 0.454. The molecule has 0 spiro atoms. The van der Waals surface area contributed by atoms with Crippen LogP contribution in [-0.2, 0) is 0 Å². The quantitative estimate of drug-likeness (QED) is 0.869. The summed E-state index contributed by atoms with van der Waals surface area (Å²) in [6, 6.07) is 0. The zero-order valence-electron chi connectivity index (χ0n) is 10.3. The lowest BCUT2D eigenvalue weighted by Crippen LogP contribution is -2.47. The molecule has 5 nitrogen and oxygen atoms in total. The van der Waals surface area contributed by atoms with E-state index in [-0.39, 0.29) is 10.3 Å². The van der Waals surface area contributed by atoms with Crippen molar-refractivity contribution in [2.24, 2.45) is 5.73 Å². The fourth-order valence-electron chi connectivity index (χ4n) is 2.21. The molecule has 0 bridgehead atoms. The number of nitrogens with zero attached hydrogens (tertiary/aromatic N) is 2. The van der Waals surface area contributed by atoms with E-state index in [0.717, 1.165) is 31.7 Å². The van der Waals surface area contributed by atoms with E-state index in [9.17, 15) is 4.79 Å². The number of hydrogen-bond donors (Lipinski definition) is 2. The number of rotatable bonds is 3. The Balaban J connectivity index is 2.15. The molecule has 18 heavy (non-hydrogen) atoms. The topological polar surface area (TPSA) is 75.0 Å². The number of aromatic amines is 1. The molecule has 0 unspecified atom stereocenters. The number of thioether (sulfide) groups is 1. The summed E-state index contributed by atoms with van der Waals surface area (Å²) in [7, 11) is 0. The zero-order valence-corrected chi connectivity index (χ0v) is 12.7. The van der Waals surface area contributed by atoms with Crippen LogP contribution in [0.25, 0.3) is 0 Å². The third-order valence-electron chi connectivity index (χ3n) is 3.56. The van der Waals surface area contributed by atoms with Crippen molar-refractivity contribution in [3.8, 4) is 0 Å². The van der Waals surface area contributed by atoms with Gasteiger partial charge in [-0.3, -0.25) is 4.79 Å². The average molecular weight is 333 g/mol. The number of halogens is 1. The molecule has 0 atom stereocenters. The van der Waals surface area contributed by atoms with Crippen LogP contribution in [0.5, 0.6) is 0 Å². The van der Waals surface area contributed by atoms with Crippen LogP contribution in [0.3, 0.4) is 0 Å². The summed E-state index contributed by atoms with van der Waals surface area (Å²) in [5, 5.41) is 0. The summed E-state index contributed by atoms with van der Waals surface area (Å²) in [6.45, 7) is 2.46. The molecular weight excluding hydrogens is 316 g/mol. The second-order valence-corrected chi connectivity index (χ2v) is 6.51. The number of aromatic nitrogens is 2. The first-order chi connectivity index (χ1) is 8.62. The second kappa shape index (κ2) is 5.63. The Hall–Kier alpha value is -0.530. The molecule has 1 aliphatic rings. The van der Waals surface area contributed by atoms with Crippen LogP contribution >= 0.6 is 27.7 Å². The Kier molecular flexibility index (Phi) is 4.34. The minimum Gasteiger partial charge on any atom is -0.355 e. The molecule has 7 heteroatoms. The van der Waals surface area contributed by atoms with Gasteiger partial charge in [0, 0.05) is 24.4 Å². The Morgan fingerprint density at radius 1 is 1.61 bits per heavy atom. The van der Waals surface area contributed by atoms with Crippen molar-refractivity contribution in [3.05, 3.63) is 21.2 Å². The van der Waals surface area contributed by atoms with E-state index < -0.39 is 0 Å². The van der Waals surface area contributed by atoms with E-state index in [2.05, 4.69) is 37.1 Å². The summed E-state index contributed by atoms with van der Waals surface area (Å²) in [5.74, 6) is 0.727. The first kappa shape index (κ1) is 13.9. The van der Waals surface area contributed by atoms with Crippen LogP contribution < -0.4 is 16.2 Å². The molecule has 1 aromatic rings. The second-order valence-electron chi connectivity index (χ2n) is 4.45. The van der Waals surface area contributed by atoms with Gasteiger partial charge in [-0.2, -0.15) is 11.8 Å². The van der Waals surface area contributed by atoms with Crippen molar-refractivity contribution in [3.63, 3.8) is 0 Å². The Morgan fingerprint density at radius 2 is 2.28 bits per heavy atom. The van der Waals surface area contributed by atoms with Gasteiger partial charge in [-0.15, -0.1) is 0 Å². The van der Waals surface area contributed by atoms with Crippen LogP contribution in [0.4, 0.5) is 5.82 Å². The highest BCUT2D eigenvalue weighted by molar-refractivity contribution is 9.10. The van der Waals surface area contributed by atoms with Crippen LogP contribution in [0.2, 0.25) is 0 Å². The minimum atomic E-state index is -0.138. The van der Waals surface area contributed by atoms with Gasteiger partial charge in [-0.25, -0.2) is 4.98 Å². The van der Waals surface area contributed by atoms with Crippen molar-refractivity contribution in [2.75, 3.05) is 30.8 Å². The van der Waals surface area contributed by atoms with Gasteiger partial charge in [-0.1, -0.05) is 0 Å². The highest BCUT2D eigenvalue weighted by Crippen LogP contribution is 2.35. The maximum Gasteiger partial charge on any atom is 0.267 e. The van der Waals surface area contributed by atoms with Gasteiger partial charge in [0.2, 0.25) is 0 Å². The van der Waals surface area contributed by atoms with E-state index in [4.69, 9.17) is 5.73 Å². The summed E-state index contributed by atoms with van der Waals surface area (Å²) < 4.78 is 0.693. The standard InChI is InChI=1S/C11H17BrN4OS/c1-18-11(6-13)2-4-16(5-3-11)9-8(12)10(17)15-7-14-9/h7H,2-6,13H2,1H3,(H,14,15,17). The van der Waals surface area contributed by atoms with E-state index in [1.807, 2.05) is 11.8 Å². The average Bonchev–Trinajstić information content (AvgIpc) is 2.42. The van der Waals surface area contributed by atoms with E-state index >= 15 is 0 Å². The number of hydrogen-bond acceptors (Lipinski definition) is 5. The first-order valence-electron chi connectivity index (χ1n) is 5.85. The van der Waals surface area contributed by atoms with Crippen LogP contribution in [0, 0.1) is 0 Å². The van der Waals surface area contributed by atoms with Gasteiger partial charge >= 0.3 is 0 Å². The zero-order chi connectivity index (χ0) is 13.2. The smallest absolute Gasteiger partial charge is 0.267 e. The maximum absolute atomic E-state index is 11.5. The van der Waals surface area contributed by atoms with Crippen molar-refractivity contribution in [1.82, 2.24) is 9.97 Å². The fraction of sp³-hybridized carbons (Fsp3) is 0.636. The SMILES string of the molecule is CSC1(CN)CCN(c2nc[nH]c(=O)c2Br)CC1. The van der Waals surface area contributed by atoms with Gasteiger partial charge in [0.25, 0.3) is 5.56 Å². The monoisotopic (exact) mass is 332 g/mol. The molecule has 0 radical (unpaired) electrons. The number of nitrogens with two attached hydrogens (primary N) is 1. The molecule has 0 saturated carbocycles. The number of H-pyrrole nitrogens is 1. The molecule has 1 fully saturated rings.